The van der Waals surface area contributed by atoms with E-state index in [2.05, 4.69) is 29.7 Å². The molecular weight excluding hydrogens is 458 g/mol. The predicted molar refractivity (Wildman–Crippen MR) is 142 cm³/mol. The molecule has 9 heteroatoms. The number of nitrogen functional groups attached to an aromatic ring is 1. The van der Waals surface area contributed by atoms with E-state index in [4.69, 9.17) is 15.2 Å². The number of fused-ring (bicyclic) bond motifs is 2. The van der Waals surface area contributed by atoms with Crippen LogP contribution in [0.4, 0.5) is 5.69 Å². The van der Waals surface area contributed by atoms with E-state index in [1.807, 2.05) is 41.2 Å². The fourth-order valence-corrected chi connectivity index (χ4v) is 5.34. The molecule has 35 heavy (non-hydrogen) atoms. The summed E-state index contributed by atoms with van der Waals surface area (Å²) in [7, 11) is -1.20. The van der Waals surface area contributed by atoms with Crippen LogP contribution in [0.25, 0.3) is 32.9 Å². The molecule has 0 bridgehead atoms. The van der Waals surface area contributed by atoms with Gasteiger partial charge in [-0.05, 0) is 43.0 Å². The van der Waals surface area contributed by atoms with Crippen LogP contribution in [0.1, 0.15) is 25.5 Å². The van der Waals surface area contributed by atoms with E-state index in [1.54, 1.807) is 0 Å². The zero-order valence-electron chi connectivity index (χ0n) is 20.7. The lowest BCUT2D eigenvalue weighted by atomic mass is 9.98. The van der Waals surface area contributed by atoms with Crippen molar-refractivity contribution in [2.45, 2.75) is 57.9 Å². The van der Waals surface area contributed by atoms with Gasteiger partial charge in [-0.2, -0.15) is 5.10 Å². The Morgan fingerprint density at radius 3 is 2.80 bits per heavy atom. The molecule has 1 saturated heterocycles. The van der Waals surface area contributed by atoms with E-state index < -0.39 is 8.07 Å². The van der Waals surface area contributed by atoms with Gasteiger partial charge >= 0.3 is 0 Å². The smallest absolute Gasteiger partial charge is 0.265 e. The molecule has 1 aliphatic heterocycles. The van der Waals surface area contributed by atoms with Crippen LogP contribution in [0.5, 0.6) is 0 Å². The van der Waals surface area contributed by atoms with Crippen molar-refractivity contribution in [3.63, 3.8) is 0 Å². The number of nitrogens with two attached hydrogens (primary N) is 1. The first-order valence-corrected chi connectivity index (χ1v) is 16.0. The largest absolute Gasteiger partial charge is 0.398 e. The van der Waals surface area contributed by atoms with Crippen molar-refractivity contribution in [1.29, 1.82) is 0 Å². The Balaban J connectivity index is 1.51. The first-order chi connectivity index (χ1) is 16.8. The maximum atomic E-state index is 13.3. The number of rotatable bonds is 7. The number of benzene rings is 2. The standard InChI is InChI=1S/C26H33N5O3Si/c1-35(2,3)14-13-33-17-30-16-28-21-11-10-19(25(27)24(21)26(30)32)18-7-6-8-22-20(18)15-29-31(22)23-9-4-5-12-34-23/h6-8,10-11,15-16,23H,4-5,9,12-14,17,27H2,1-3H3. The molecule has 184 valence electrons. The average molecular weight is 492 g/mol. The van der Waals surface area contributed by atoms with Gasteiger partial charge in [-0.3, -0.25) is 9.36 Å². The van der Waals surface area contributed by atoms with Crippen molar-refractivity contribution in [3.05, 3.63) is 53.2 Å². The normalized spacial score (nSPS) is 16.8. The second-order valence-corrected chi connectivity index (χ2v) is 16.1. The molecule has 2 aromatic carbocycles. The third-order valence-corrected chi connectivity index (χ3v) is 8.33. The summed E-state index contributed by atoms with van der Waals surface area (Å²) in [6.45, 7) is 8.45. The predicted octanol–water partition coefficient (Wildman–Crippen LogP) is 5.01. The maximum absolute atomic E-state index is 13.3. The zero-order chi connectivity index (χ0) is 24.6. The van der Waals surface area contributed by atoms with Crippen molar-refractivity contribution < 1.29 is 9.47 Å². The van der Waals surface area contributed by atoms with Crippen LogP contribution in [0.3, 0.4) is 0 Å². The molecule has 2 aromatic heterocycles. The topological polar surface area (TPSA) is 97.2 Å². The highest BCUT2D eigenvalue weighted by molar-refractivity contribution is 6.76. The summed E-state index contributed by atoms with van der Waals surface area (Å²) in [5.74, 6) is 0. The Kier molecular flexibility index (Phi) is 6.48. The van der Waals surface area contributed by atoms with Crippen LogP contribution in [-0.2, 0) is 16.2 Å². The summed E-state index contributed by atoms with van der Waals surface area (Å²) in [5.41, 5.74) is 10.2. The second-order valence-electron chi connectivity index (χ2n) is 10.4. The number of aromatic nitrogens is 4. The maximum Gasteiger partial charge on any atom is 0.265 e. The lowest BCUT2D eigenvalue weighted by molar-refractivity contribution is -0.0366. The summed E-state index contributed by atoms with van der Waals surface area (Å²) in [6.07, 6.45) is 6.51. The minimum absolute atomic E-state index is 0.0530. The van der Waals surface area contributed by atoms with Crippen LogP contribution in [-0.4, -0.2) is 40.6 Å². The molecule has 1 unspecified atom stereocenters. The Bertz CT molecular complexity index is 1420. The molecular formula is C26H33N5O3Si. The molecule has 0 radical (unpaired) electrons. The highest BCUT2D eigenvalue weighted by Gasteiger charge is 2.21. The summed E-state index contributed by atoms with van der Waals surface area (Å²) in [5, 5.41) is 6.04. The fourth-order valence-electron chi connectivity index (χ4n) is 4.59. The van der Waals surface area contributed by atoms with E-state index in [9.17, 15) is 4.79 Å². The third-order valence-electron chi connectivity index (χ3n) is 6.62. The monoisotopic (exact) mass is 491 g/mol. The van der Waals surface area contributed by atoms with Gasteiger partial charge in [0, 0.05) is 32.2 Å². The molecule has 0 aliphatic carbocycles. The van der Waals surface area contributed by atoms with Crippen LogP contribution in [0.2, 0.25) is 25.7 Å². The number of nitrogens with zero attached hydrogens (tertiary/aromatic N) is 4. The van der Waals surface area contributed by atoms with Gasteiger partial charge in [-0.25, -0.2) is 9.67 Å². The Morgan fingerprint density at radius 1 is 1.17 bits per heavy atom. The molecule has 0 spiro atoms. The van der Waals surface area contributed by atoms with Crippen LogP contribution in [0, 0.1) is 0 Å². The molecule has 1 fully saturated rings. The highest BCUT2D eigenvalue weighted by Crippen LogP contribution is 2.36. The van der Waals surface area contributed by atoms with Gasteiger partial charge in [0.25, 0.3) is 5.56 Å². The average Bonchev–Trinajstić information content (AvgIpc) is 3.28. The first-order valence-electron chi connectivity index (χ1n) is 12.3. The van der Waals surface area contributed by atoms with Crippen LogP contribution in [0.15, 0.2) is 47.7 Å². The molecule has 8 nitrogen and oxygen atoms in total. The van der Waals surface area contributed by atoms with Gasteiger partial charge in [0.1, 0.15) is 13.1 Å². The minimum Gasteiger partial charge on any atom is -0.398 e. The number of ether oxygens (including phenoxy) is 2. The van der Waals surface area contributed by atoms with E-state index >= 15 is 0 Å². The molecule has 1 atom stereocenters. The van der Waals surface area contributed by atoms with Gasteiger partial charge in [0.05, 0.1) is 28.3 Å². The fraction of sp³-hybridized carbons (Fsp3) is 0.423. The Morgan fingerprint density at radius 2 is 2.03 bits per heavy atom. The van der Waals surface area contributed by atoms with Crippen LogP contribution < -0.4 is 11.3 Å². The molecule has 2 N–H and O–H groups in total. The van der Waals surface area contributed by atoms with Gasteiger partial charge < -0.3 is 15.2 Å². The van der Waals surface area contributed by atoms with E-state index in [0.717, 1.165) is 53.9 Å². The van der Waals surface area contributed by atoms with Gasteiger partial charge in [-0.1, -0.05) is 37.8 Å². The summed E-state index contributed by atoms with van der Waals surface area (Å²) < 4.78 is 15.2. The van der Waals surface area contributed by atoms with Crippen molar-refractivity contribution in [2.24, 2.45) is 0 Å². The van der Waals surface area contributed by atoms with E-state index in [1.165, 1.54) is 10.9 Å². The minimum atomic E-state index is -1.20. The number of hydrogen-bond acceptors (Lipinski definition) is 6. The number of anilines is 1. The second kappa shape index (κ2) is 9.56. The lowest BCUT2D eigenvalue weighted by Crippen LogP contribution is -2.25. The summed E-state index contributed by atoms with van der Waals surface area (Å²) in [6, 6.07) is 10.9. The summed E-state index contributed by atoms with van der Waals surface area (Å²) in [4.78, 5) is 17.8. The molecule has 4 aromatic rings. The van der Waals surface area contributed by atoms with Crippen molar-refractivity contribution in [2.75, 3.05) is 18.9 Å². The van der Waals surface area contributed by atoms with Gasteiger partial charge in [0.2, 0.25) is 0 Å². The van der Waals surface area contributed by atoms with E-state index in [0.29, 0.717) is 23.2 Å². The summed E-state index contributed by atoms with van der Waals surface area (Å²) >= 11 is 0. The highest BCUT2D eigenvalue weighted by atomic mass is 28.3. The van der Waals surface area contributed by atoms with Crippen molar-refractivity contribution in [3.8, 4) is 11.1 Å². The quantitative estimate of drug-likeness (QED) is 0.222. The lowest BCUT2D eigenvalue weighted by Gasteiger charge is -2.23. The molecule has 0 saturated carbocycles. The van der Waals surface area contributed by atoms with Gasteiger partial charge in [-0.15, -0.1) is 0 Å². The van der Waals surface area contributed by atoms with Crippen molar-refractivity contribution in [1.82, 2.24) is 19.3 Å². The third kappa shape index (κ3) is 4.76. The molecule has 5 rings (SSSR count). The Labute approximate surface area is 205 Å². The number of hydrogen-bond donors (Lipinski definition) is 1. The molecule has 1 aliphatic rings. The zero-order valence-corrected chi connectivity index (χ0v) is 21.7. The van der Waals surface area contributed by atoms with Crippen LogP contribution >= 0.6 is 0 Å². The first kappa shape index (κ1) is 23.7. The van der Waals surface area contributed by atoms with Gasteiger partial charge in [0.15, 0.2) is 6.23 Å². The SMILES string of the molecule is C[Si](C)(C)CCOCn1cnc2ccc(-c3cccc4c3cnn4C3CCCCO3)c(N)c2c1=O. The molecule has 3 heterocycles. The Hall–Kier alpha value is -3.01. The van der Waals surface area contributed by atoms with E-state index in [-0.39, 0.29) is 18.5 Å². The molecule has 0 amide bonds. The van der Waals surface area contributed by atoms with Crippen molar-refractivity contribution >= 4 is 35.6 Å².